The first-order valence-electron chi connectivity index (χ1n) is 5.10. The summed E-state index contributed by atoms with van der Waals surface area (Å²) in [5.74, 6) is 0. The van der Waals surface area contributed by atoms with Gasteiger partial charge in [-0.1, -0.05) is 26.0 Å². The molecule has 0 aliphatic rings. The Balaban J connectivity index is 0.000000461. The van der Waals surface area contributed by atoms with Crippen LogP contribution in [0.3, 0.4) is 0 Å². The SMILES string of the molecule is CC.Cc1ccc2ncccc2c1C. The van der Waals surface area contributed by atoms with E-state index in [9.17, 15) is 0 Å². The molecule has 1 heterocycles. The number of hydrogen-bond donors (Lipinski definition) is 0. The summed E-state index contributed by atoms with van der Waals surface area (Å²) in [6.45, 7) is 8.26. The molecule has 74 valence electrons. The Morgan fingerprint density at radius 2 is 1.71 bits per heavy atom. The van der Waals surface area contributed by atoms with Gasteiger partial charge in [-0.15, -0.1) is 0 Å². The van der Waals surface area contributed by atoms with Crippen molar-refractivity contribution in [3.63, 3.8) is 0 Å². The standard InChI is InChI=1S/C11H11N.C2H6/c1-8-5-6-11-10(9(8)2)4-3-7-12-11;1-2/h3-7H,1-2H3;1-2H3. The molecule has 0 amide bonds. The number of pyridine rings is 1. The molecule has 0 saturated heterocycles. The van der Waals surface area contributed by atoms with Crippen LogP contribution in [0, 0.1) is 13.8 Å². The van der Waals surface area contributed by atoms with Gasteiger partial charge in [-0.3, -0.25) is 4.98 Å². The zero-order chi connectivity index (χ0) is 10.6. The number of fused-ring (bicyclic) bond motifs is 1. The Labute approximate surface area is 85.8 Å². The first kappa shape index (κ1) is 10.7. The van der Waals surface area contributed by atoms with E-state index in [2.05, 4.69) is 37.0 Å². The van der Waals surface area contributed by atoms with E-state index >= 15 is 0 Å². The highest BCUT2D eigenvalue weighted by Gasteiger charge is 1.98. The largest absolute Gasteiger partial charge is 0.256 e. The quantitative estimate of drug-likeness (QED) is 0.610. The van der Waals surface area contributed by atoms with E-state index in [1.54, 1.807) is 0 Å². The lowest BCUT2D eigenvalue weighted by Crippen LogP contribution is -1.84. The average molecular weight is 187 g/mol. The van der Waals surface area contributed by atoms with Crippen LogP contribution in [0.4, 0.5) is 0 Å². The second-order valence-corrected chi connectivity index (χ2v) is 3.08. The molecule has 1 aromatic heterocycles. The fourth-order valence-electron chi connectivity index (χ4n) is 1.41. The van der Waals surface area contributed by atoms with Crippen molar-refractivity contribution in [2.45, 2.75) is 27.7 Å². The lowest BCUT2D eigenvalue weighted by atomic mass is 10.0. The van der Waals surface area contributed by atoms with Gasteiger partial charge in [0.2, 0.25) is 0 Å². The highest BCUT2D eigenvalue weighted by atomic mass is 14.6. The van der Waals surface area contributed by atoms with Gasteiger partial charge in [0.05, 0.1) is 5.52 Å². The fourth-order valence-corrected chi connectivity index (χ4v) is 1.41. The zero-order valence-corrected chi connectivity index (χ0v) is 9.33. The third kappa shape index (κ3) is 1.92. The van der Waals surface area contributed by atoms with Gasteiger partial charge >= 0.3 is 0 Å². The van der Waals surface area contributed by atoms with Crippen LogP contribution >= 0.6 is 0 Å². The third-order valence-electron chi connectivity index (χ3n) is 2.33. The lowest BCUT2D eigenvalue weighted by molar-refractivity contribution is 1.34. The first-order valence-corrected chi connectivity index (χ1v) is 5.10. The van der Waals surface area contributed by atoms with E-state index < -0.39 is 0 Å². The number of benzene rings is 1. The van der Waals surface area contributed by atoms with Crippen molar-refractivity contribution in [3.8, 4) is 0 Å². The summed E-state index contributed by atoms with van der Waals surface area (Å²) in [7, 11) is 0. The molecule has 0 aliphatic carbocycles. The normalized spacial score (nSPS) is 9.43. The van der Waals surface area contributed by atoms with Gasteiger partial charge in [0.25, 0.3) is 0 Å². The van der Waals surface area contributed by atoms with Crippen molar-refractivity contribution in [2.24, 2.45) is 0 Å². The summed E-state index contributed by atoms with van der Waals surface area (Å²) in [6, 6.07) is 8.28. The molecule has 2 rings (SSSR count). The second-order valence-electron chi connectivity index (χ2n) is 3.08. The molecule has 0 unspecified atom stereocenters. The summed E-state index contributed by atoms with van der Waals surface area (Å²) in [6.07, 6.45) is 1.83. The molecule has 1 heteroatoms. The second kappa shape index (κ2) is 4.75. The predicted molar refractivity (Wildman–Crippen MR) is 62.6 cm³/mol. The molecule has 0 bridgehead atoms. The Kier molecular flexibility index (Phi) is 3.63. The minimum atomic E-state index is 1.08. The van der Waals surface area contributed by atoms with E-state index in [4.69, 9.17) is 0 Å². The Hall–Kier alpha value is -1.37. The maximum absolute atomic E-state index is 4.28. The maximum atomic E-state index is 4.28. The smallest absolute Gasteiger partial charge is 0.0704 e. The molecule has 0 atom stereocenters. The van der Waals surface area contributed by atoms with Crippen molar-refractivity contribution < 1.29 is 0 Å². The first-order chi connectivity index (χ1) is 6.79. The van der Waals surface area contributed by atoms with Crippen molar-refractivity contribution >= 4 is 10.9 Å². The molecule has 1 nitrogen and oxygen atoms in total. The predicted octanol–water partition coefficient (Wildman–Crippen LogP) is 3.88. The van der Waals surface area contributed by atoms with Crippen molar-refractivity contribution in [1.29, 1.82) is 0 Å². The summed E-state index contributed by atoms with van der Waals surface area (Å²) >= 11 is 0. The minimum absolute atomic E-state index is 1.08. The molecule has 0 aliphatic heterocycles. The molecule has 0 N–H and O–H groups in total. The van der Waals surface area contributed by atoms with Crippen LogP contribution in [0.25, 0.3) is 10.9 Å². The van der Waals surface area contributed by atoms with Crippen molar-refractivity contribution in [1.82, 2.24) is 4.98 Å². The van der Waals surface area contributed by atoms with E-state index in [1.165, 1.54) is 16.5 Å². The number of nitrogens with zero attached hydrogens (tertiary/aromatic N) is 1. The van der Waals surface area contributed by atoms with Crippen LogP contribution < -0.4 is 0 Å². The van der Waals surface area contributed by atoms with E-state index in [-0.39, 0.29) is 0 Å². The number of aromatic nitrogens is 1. The Morgan fingerprint density at radius 1 is 1.00 bits per heavy atom. The molecular weight excluding hydrogens is 170 g/mol. The average Bonchev–Trinajstić information content (AvgIpc) is 2.27. The molecule has 1 aromatic carbocycles. The fraction of sp³-hybridized carbons (Fsp3) is 0.308. The third-order valence-corrected chi connectivity index (χ3v) is 2.33. The van der Waals surface area contributed by atoms with E-state index in [0.29, 0.717) is 0 Å². The van der Waals surface area contributed by atoms with Gasteiger partial charge in [-0.2, -0.15) is 0 Å². The topological polar surface area (TPSA) is 12.9 Å². The van der Waals surface area contributed by atoms with Crippen LogP contribution in [0.2, 0.25) is 0 Å². The summed E-state index contributed by atoms with van der Waals surface area (Å²) in [5.41, 5.74) is 3.75. The van der Waals surface area contributed by atoms with Gasteiger partial charge < -0.3 is 0 Å². The van der Waals surface area contributed by atoms with Gasteiger partial charge in [0.1, 0.15) is 0 Å². The summed E-state index contributed by atoms with van der Waals surface area (Å²) < 4.78 is 0. The van der Waals surface area contributed by atoms with Gasteiger partial charge in [0.15, 0.2) is 0 Å². The van der Waals surface area contributed by atoms with E-state index in [1.807, 2.05) is 26.1 Å². The highest BCUT2D eigenvalue weighted by molar-refractivity contribution is 5.82. The number of aryl methyl sites for hydroxylation is 2. The monoisotopic (exact) mass is 187 g/mol. The maximum Gasteiger partial charge on any atom is 0.0704 e. The number of rotatable bonds is 0. The van der Waals surface area contributed by atoms with Crippen molar-refractivity contribution in [2.75, 3.05) is 0 Å². The van der Waals surface area contributed by atoms with Gasteiger partial charge in [0, 0.05) is 11.6 Å². The van der Waals surface area contributed by atoms with Crippen LogP contribution in [0.1, 0.15) is 25.0 Å². The van der Waals surface area contributed by atoms with E-state index in [0.717, 1.165) is 5.52 Å². The van der Waals surface area contributed by atoms with Crippen LogP contribution in [0.5, 0.6) is 0 Å². The molecule has 0 fully saturated rings. The lowest BCUT2D eigenvalue weighted by Gasteiger charge is -2.03. The summed E-state index contributed by atoms with van der Waals surface area (Å²) in [5, 5.41) is 1.26. The molecular formula is C13H17N. The number of hydrogen-bond acceptors (Lipinski definition) is 1. The molecule has 2 aromatic rings. The van der Waals surface area contributed by atoms with Crippen LogP contribution in [-0.4, -0.2) is 4.98 Å². The Morgan fingerprint density at radius 3 is 2.43 bits per heavy atom. The molecule has 0 radical (unpaired) electrons. The molecule has 14 heavy (non-hydrogen) atoms. The van der Waals surface area contributed by atoms with Crippen molar-refractivity contribution in [3.05, 3.63) is 41.6 Å². The zero-order valence-electron chi connectivity index (χ0n) is 9.33. The minimum Gasteiger partial charge on any atom is -0.256 e. The molecule has 0 spiro atoms. The summed E-state index contributed by atoms with van der Waals surface area (Å²) in [4.78, 5) is 4.28. The Bertz CT molecular complexity index is 419. The van der Waals surface area contributed by atoms with Crippen LogP contribution in [-0.2, 0) is 0 Å². The van der Waals surface area contributed by atoms with Crippen LogP contribution in [0.15, 0.2) is 30.5 Å². The van der Waals surface area contributed by atoms with Gasteiger partial charge in [-0.05, 0) is 37.1 Å². The van der Waals surface area contributed by atoms with Gasteiger partial charge in [-0.25, -0.2) is 0 Å². The molecule has 0 saturated carbocycles. The highest BCUT2D eigenvalue weighted by Crippen LogP contribution is 2.18.